The Morgan fingerprint density at radius 1 is 0.974 bits per heavy atom. The Kier molecular flexibility index (Phi) is 9.82. The van der Waals surface area contributed by atoms with Crippen LogP contribution < -0.4 is 9.62 Å². The number of hydrogen-bond donors (Lipinski definition) is 1. The molecule has 0 fully saturated rings. The third-order valence-corrected chi connectivity index (χ3v) is 8.62. The fourth-order valence-electron chi connectivity index (χ4n) is 4.15. The Bertz CT molecular complexity index is 1410. The summed E-state index contributed by atoms with van der Waals surface area (Å²) in [4.78, 5) is 28.1. The SMILES string of the molecule is CCC(C(=O)NC)N(Cc1ccccc1Cl)C(=O)CN(c1ccc(Cl)cc1C)S(=O)(=O)c1ccc(C)cc1. The first kappa shape index (κ1) is 29.5. The Balaban J connectivity index is 2.11. The largest absolute Gasteiger partial charge is 0.357 e. The molecular weight excluding hydrogens is 545 g/mol. The molecule has 0 aliphatic rings. The molecule has 38 heavy (non-hydrogen) atoms. The van der Waals surface area contributed by atoms with Crippen LogP contribution in [0.25, 0.3) is 0 Å². The molecule has 2 amide bonds. The lowest BCUT2D eigenvalue weighted by Gasteiger charge is -2.33. The van der Waals surface area contributed by atoms with Crippen molar-refractivity contribution in [3.05, 3.63) is 93.5 Å². The molecule has 0 saturated carbocycles. The number of amides is 2. The van der Waals surface area contributed by atoms with Crippen LogP contribution >= 0.6 is 23.2 Å². The first-order valence-corrected chi connectivity index (χ1v) is 14.3. The number of rotatable bonds is 10. The van der Waals surface area contributed by atoms with E-state index in [1.54, 1.807) is 68.4 Å². The number of hydrogen-bond acceptors (Lipinski definition) is 4. The van der Waals surface area contributed by atoms with E-state index in [9.17, 15) is 18.0 Å². The molecule has 3 aromatic carbocycles. The van der Waals surface area contributed by atoms with Gasteiger partial charge in [-0.15, -0.1) is 0 Å². The van der Waals surface area contributed by atoms with Crippen LogP contribution in [-0.4, -0.2) is 44.8 Å². The molecule has 0 radical (unpaired) electrons. The van der Waals surface area contributed by atoms with Crippen molar-refractivity contribution in [3.63, 3.8) is 0 Å². The fraction of sp³-hybridized carbons (Fsp3) is 0.286. The van der Waals surface area contributed by atoms with E-state index in [2.05, 4.69) is 5.32 Å². The molecule has 0 aliphatic heterocycles. The molecule has 3 rings (SSSR count). The van der Waals surface area contributed by atoms with E-state index in [1.165, 1.54) is 24.1 Å². The van der Waals surface area contributed by atoms with Gasteiger partial charge in [0.1, 0.15) is 12.6 Å². The Labute approximate surface area is 234 Å². The first-order valence-electron chi connectivity index (χ1n) is 12.1. The highest BCUT2D eigenvalue weighted by Crippen LogP contribution is 2.30. The van der Waals surface area contributed by atoms with Gasteiger partial charge < -0.3 is 10.2 Å². The minimum absolute atomic E-state index is 0.0302. The summed E-state index contributed by atoms with van der Waals surface area (Å²) in [7, 11) is -2.66. The number of carbonyl (C=O) groups excluding carboxylic acids is 2. The maximum Gasteiger partial charge on any atom is 0.264 e. The second-order valence-electron chi connectivity index (χ2n) is 8.91. The maximum atomic E-state index is 13.9. The average molecular weight is 577 g/mol. The molecule has 10 heteroatoms. The van der Waals surface area contributed by atoms with Gasteiger partial charge in [-0.2, -0.15) is 0 Å². The quantitative estimate of drug-likeness (QED) is 0.352. The molecular formula is C28H31Cl2N3O4S. The Hall–Kier alpha value is -3.07. The van der Waals surface area contributed by atoms with E-state index in [-0.39, 0.29) is 17.3 Å². The molecule has 0 heterocycles. The highest BCUT2D eigenvalue weighted by molar-refractivity contribution is 7.92. The molecule has 0 spiro atoms. The summed E-state index contributed by atoms with van der Waals surface area (Å²) in [6, 6.07) is 17.4. The second kappa shape index (κ2) is 12.7. The van der Waals surface area contributed by atoms with Crippen molar-refractivity contribution in [2.45, 2.75) is 44.7 Å². The van der Waals surface area contributed by atoms with Crippen LogP contribution in [0.3, 0.4) is 0 Å². The van der Waals surface area contributed by atoms with Gasteiger partial charge in [0.2, 0.25) is 11.8 Å². The van der Waals surface area contributed by atoms with Crippen molar-refractivity contribution >= 4 is 50.7 Å². The van der Waals surface area contributed by atoms with Gasteiger partial charge in [-0.3, -0.25) is 13.9 Å². The normalized spacial score (nSPS) is 12.1. The van der Waals surface area contributed by atoms with E-state index in [0.717, 1.165) is 9.87 Å². The predicted molar refractivity (Wildman–Crippen MR) is 152 cm³/mol. The van der Waals surface area contributed by atoms with Crippen molar-refractivity contribution < 1.29 is 18.0 Å². The Morgan fingerprint density at radius 3 is 2.21 bits per heavy atom. The monoisotopic (exact) mass is 575 g/mol. The van der Waals surface area contributed by atoms with Crippen LogP contribution in [0.15, 0.2) is 71.6 Å². The van der Waals surface area contributed by atoms with Crippen molar-refractivity contribution in [1.29, 1.82) is 0 Å². The standard InChI is InChI=1S/C28H31Cl2N3O4S/c1-5-25(28(35)31-4)32(17-21-8-6-7-9-24(21)30)27(34)18-33(26-15-12-22(29)16-20(26)3)38(36,37)23-13-10-19(2)11-14-23/h6-16,25H,5,17-18H2,1-4H3,(H,31,35). The lowest BCUT2D eigenvalue weighted by atomic mass is 10.1. The molecule has 1 N–H and O–H groups in total. The molecule has 202 valence electrons. The average Bonchev–Trinajstić information content (AvgIpc) is 2.88. The van der Waals surface area contributed by atoms with Gasteiger partial charge in [-0.25, -0.2) is 8.42 Å². The van der Waals surface area contributed by atoms with E-state index < -0.39 is 28.5 Å². The van der Waals surface area contributed by atoms with Gasteiger partial charge in [-0.05, 0) is 67.8 Å². The van der Waals surface area contributed by atoms with Gasteiger partial charge in [0.25, 0.3) is 10.0 Å². The third kappa shape index (κ3) is 6.67. The number of halogens is 2. The number of sulfonamides is 1. The van der Waals surface area contributed by atoms with E-state index >= 15 is 0 Å². The summed E-state index contributed by atoms with van der Waals surface area (Å²) in [5.41, 5.74) is 2.43. The van der Waals surface area contributed by atoms with Crippen molar-refractivity contribution in [1.82, 2.24) is 10.2 Å². The smallest absolute Gasteiger partial charge is 0.264 e. The molecule has 0 bridgehead atoms. The Morgan fingerprint density at radius 2 is 1.63 bits per heavy atom. The van der Waals surface area contributed by atoms with Crippen molar-refractivity contribution in [2.24, 2.45) is 0 Å². The zero-order valence-electron chi connectivity index (χ0n) is 21.7. The number of carbonyl (C=O) groups is 2. The minimum atomic E-state index is -4.16. The van der Waals surface area contributed by atoms with Crippen LogP contribution in [0, 0.1) is 13.8 Å². The minimum Gasteiger partial charge on any atom is -0.357 e. The van der Waals surface area contributed by atoms with Gasteiger partial charge in [0, 0.05) is 23.6 Å². The van der Waals surface area contributed by atoms with E-state index in [4.69, 9.17) is 23.2 Å². The van der Waals surface area contributed by atoms with Gasteiger partial charge in [0.05, 0.1) is 10.6 Å². The van der Waals surface area contributed by atoms with Gasteiger partial charge in [0.15, 0.2) is 0 Å². The van der Waals surface area contributed by atoms with Crippen LogP contribution in [0.2, 0.25) is 10.0 Å². The molecule has 0 aromatic heterocycles. The zero-order chi connectivity index (χ0) is 28.0. The summed E-state index contributed by atoms with van der Waals surface area (Å²) in [5.74, 6) is -0.908. The summed E-state index contributed by atoms with van der Waals surface area (Å²) in [6.07, 6.45) is 0.320. The lowest BCUT2D eigenvalue weighted by molar-refractivity contribution is -0.140. The molecule has 0 saturated heterocycles. The molecule has 1 unspecified atom stereocenters. The molecule has 7 nitrogen and oxygen atoms in total. The molecule has 1 atom stereocenters. The number of aryl methyl sites for hydroxylation is 2. The number of benzene rings is 3. The topological polar surface area (TPSA) is 86.8 Å². The fourth-order valence-corrected chi connectivity index (χ4v) is 6.05. The van der Waals surface area contributed by atoms with Crippen LogP contribution in [0.5, 0.6) is 0 Å². The third-order valence-electron chi connectivity index (χ3n) is 6.25. The van der Waals surface area contributed by atoms with Crippen molar-refractivity contribution in [3.8, 4) is 0 Å². The zero-order valence-corrected chi connectivity index (χ0v) is 24.1. The first-order chi connectivity index (χ1) is 18.0. The highest BCUT2D eigenvalue weighted by atomic mass is 35.5. The number of nitrogens with one attached hydrogen (secondary N) is 1. The van der Waals surface area contributed by atoms with Crippen LogP contribution in [-0.2, 0) is 26.2 Å². The number of anilines is 1. The summed E-state index contributed by atoms with van der Waals surface area (Å²) >= 11 is 12.5. The maximum absolute atomic E-state index is 13.9. The van der Waals surface area contributed by atoms with Gasteiger partial charge >= 0.3 is 0 Å². The highest BCUT2D eigenvalue weighted by Gasteiger charge is 2.34. The summed E-state index contributed by atoms with van der Waals surface area (Å²) in [6.45, 7) is 4.87. The second-order valence-corrected chi connectivity index (χ2v) is 11.6. The van der Waals surface area contributed by atoms with Crippen LogP contribution in [0.1, 0.15) is 30.0 Å². The van der Waals surface area contributed by atoms with E-state index in [1.807, 2.05) is 6.92 Å². The number of nitrogens with zero attached hydrogens (tertiary/aromatic N) is 2. The molecule has 3 aromatic rings. The number of likely N-dealkylation sites (N-methyl/N-ethyl adjacent to an activating group) is 1. The van der Waals surface area contributed by atoms with Gasteiger partial charge in [-0.1, -0.05) is 66.0 Å². The summed E-state index contributed by atoms with van der Waals surface area (Å²) in [5, 5.41) is 3.48. The lowest BCUT2D eigenvalue weighted by Crippen LogP contribution is -2.51. The predicted octanol–water partition coefficient (Wildman–Crippen LogP) is 5.36. The summed E-state index contributed by atoms with van der Waals surface area (Å²) < 4.78 is 28.9. The van der Waals surface area contributed by atoms with Crippen LogP contribution in [0.4, 0.5) is 5.69 Å². The van der Waals surface area contributed by atoms with Crippen molar-refractivity contribution in [2.75, 3.05) is 17.9 Å². The molecule has 0 aliphatic carbocycles. The van der Waals surface area contributed by atoms with E-state index in [0.29, 0.717) is 33.3 Å².